The number of nitrogens with two attached hydrogens (primary N) is 1. The van der Waals surface area contributed by atoms with Gasteiger partial charge >= 0.3 is 0 Å². The highest BCUT2D eigenvalue weighted by Crippen LogP contribution is 2.38. The third-order valence-electron chi connectivity index (χ3n) is 4.47. The van der Waals surface area contributed by atoms with E-state index in [0.29, 0.717) is 11.3 Å². The van der Waals surface area contributed by atoms with Crippen molar-refractivity contribution in [3.05, 3.63) is 53.1 Å². The average Bonchev–Trinajstić information content (AvgIpc) is 2.68. The Morgan fingerprint density at radius 3 is 2.76 bits per heavy atom. The van der Waals surface area contributed by atoms with Crippen LogP contribution >= 0.6 is 0 Å². The number of hydrogen-bond donors (Lipinski definition) is 2. The summed E-state index contributed by atoms with van der Waals surface area (Å²) in [5.41, 5.74) is 3.60. The van der Waals surface area contributed by atoms with Gasteiger partial charge in [0.25, 0.3) is 12.3 Å². The molecule has 2 aromatic rings. The minimum Gasteiger partial charge on any atom is -0.495 e. The number of pyridine rings is 1. The van der Waals surface area contributed by atoms with Gasteiger partial charge in [0.2, 0.25) is 0 Å². The van der Waals surface area contributed by atoms with E-state index >= 15 is 0 Å². The standard InChI is InChI=1S/C19H19F3N4O3/c1-10-5-12(28-2)7-24-16(10)17(27)25-11-3-4-14(20)13(6-11)19(18(21)22)9-29-8-15(23)26-19/h3-7,18H,8-9H2,1-2H3,(H2,23,26)(H,25,27). The molecule has 0 saturated heterocycles. The fraction of sp³-hybridized carbons (Fsp3) is 0.316. The Kier molecular flexibility index (Phi) is 5.73. The normalized spacial score (nSPS) is 19.0. The molecule has 1 atom stereocenters. The van der Waals surface area contributed by atoms with Gasteiger partial charge in [0.05, 0.1) is 19.9 Å². The molecule has 1 aromatic carbocycles. The highest BCUT2D eigenvalue weighted by Gasteiger charge is 2.46. The molecule has 7 nitrogen and oxygen atoms in total. The Labute approximate surface area is 164 Å². The Hall–Kier alpha value is -3.14. The highest BCUT2D eigenvalue weighted by molar-refractivity contribution is 6.03. The third-order valence-corrected chi connectivity index (χ3v) is 4.47. The number of aromatic nitrogens is 1. The van der Waals surface area contributed by atoms with E-state index in [9.17, 15) is 18.0 Å². The van der Waals surface area contributed by atoms with Crippen molar-refractivity contribution in [1.29, 1.82) is 0 Å². The largest absolute Gasteiger partial charge is 0.495 e. The van der Waals surface area contributed by atoms with E-state index in [-0.39, 0.29) is 23.8 Å². The van der Waals surface area contributed by atoms with E-state index in [1.807, 2.05) is 0 Å². The van der Waals surface area contributed by atoms with E-state index in [4.69, 9.17) is 15.2 Å². The van der Waals surface area contributed by atoms with Gasteiger partial charge in [-0.05, 0) is 36.8 Å². The minimum atomic E-state index is -3.08. The van der Waals surface area contributed by atoms with Gasteiger partial charge < -0.3 is 20.5 Å². The number of amidine groups is 1. The molecule has 0 bridgehead atoms. The van der Waals surface area contributed by atoms with Crippen LogP contribution in [-0.4, -0.2) is 43.5 Å². The van der Waals surface area contributed by atoms with E-state index in [1.54, 1.807) is 13.0 Å². The average molecular weight is 408 g/mol. The van der Waals surface area contributed by atoms with Crippen molar-refractivity contribution in [2.45, 2.75) is 18.9 Å². The number of methoxy groups -OCH3 is 1. The van der Waals surface area contributed by atoms with Gasteiger partial charge in [-0.2, -0.15) is 0 Å². The minimum absolute atomic E-state index is 0.0998. The molecule has 0 fully saturated rings. The molecule has 3 rings (SSSR count). The Balaban J connectivity index is 1.95. The summed E-state index contributed by atoms with van der Waals surface area (Å²) >= 11 is 0. The molecule has 0 radical (unpaired) electrons. The van der Waals surface area contributed by atoms with Crippen LogP contribution in [0.5, 0.6) is 5.75 Å². The number of nitrogens with one attached hydrogen (secondary N) is 1. The summed E-state index contributed by atoms with van der Waals surface area (Å²) < 4.78 is 52.3. The van der Waals surface area contributed by atoms with Crippen molar-refractivity contribution >= 4 is 17.4 Å². The van der Waals surface area contributed by atoms with Crippen LogP contribution in [0.25, 0.3) is 0 Å². The van der Waals surface area contributed by atoms with E-state index < -0.39 is 35.9 Å². The summed E-state index contributed by atoms with van der Waals surface area (Å²) in [4.78, 5) is 20.4. The quantitative estimate of drug-likeness (QED) is 0.793. The summed E-state index contributed by atoms with van der Waals surface area (Å²) in [6.45, 7) is 1.01. The zero-order valence-electron chi connectivity index (χ0n) is 15.7. The molecule has 0 aliphatic carbocycles. The lowest BCUT2D eigenvalue weighted by atomic mass is 9.90. The predicted molar refractivity (Wildman–Crippen MR) is 100 cm³/mol. The molecule has 29 heavy (non-hydrogen) atoms. The van der Waals surface area contributed by atoms with Crippen molar-refractivity contribution in [1.82, 2.24) is 4.98 Å². The molecule has 154 valence electrons. The molecular formula is C19H19F3N4O3. The van der Waals surface area contributed by atoms with Crippen molar-refractivity contribution in [3.63, 3.8) is 0 Å². The molecule has 1 aromatic heterocycles. The van der Waals surface area contributed by atoms with Crippen molar-refractivity contribution in [2.75, 3.05) is 25.6 Å². The summed E-state index contributed by atoms with van der Waals surface area (Å²) in [6.07, 6.45) is -1.70. The molecule has 3 N–H and O–H groups in total. The van der Waals surface area contributed by atoms with Gasteiger partial charge in [-0.1, -0.05) is 0 Å². The summed E-state index contributed by atoms with van der Waals surface area (Å²) in [5.74, 6) is -1.18. The molecule has 2 heterocycles. The number of carbonyl (C=O) groups excluding carboxylic acids is 1. The molecular weight excluding hydrogens is 389 g/mol. The van der Waals surface area contributed by atoms with Crippen LogP contribution in [0.4, 0.5) is 18.9 Å². The first-order chi connectivity index (χ1) is 13.8. The first-order valence-electron chi connectivity index (χ1n) is 8.59. The lowest BCUT2D eigenvalue weighted by Gasteiger charge is -2.33. The lowest BCUT2D eigenvalue weighted by molar-refractivity contribution is -0.0145. The number of aliphatic imine (C=N–C) groups is 1. The van der Waals surface area contributed by atoms with Gasteiger partial charge in [-0.25, -0.2) is 18.2 Å². The number of carbonyl (C=O) groups is 1. The second-order valence-corrected chi connectivity index (χ2v) is 6.51. The summed E-state index contributed by atoms with van der Waals surface area (Å²) in [6, 6.07) is 4.96. The lowest BCUT2D eigenvalue weighted by Crippen LogP contribution is -2.45. The number of aryl methyl sites for hydroxylation is 1. The van der Waals surface area contributed by atoms with Gasteiger partial charge in [0.1, 0.15) is 29.7 Å². The number of halogens is 3. The van der Waals surface area contributed by atoms with Crippen molar-refractivity contribution in [3.8, 4) is 5.75 Å². The van der Waals surface area contributed by atoms with Gasteiger partial charge in [0, 0.05) is 11.3 Å². The monoisotopic (exact) mass is 408 g/mol. The Bertz CT molecular complexity index is 968. The fourth-order valence-corrected chi connectivity index (χ4v) is 3.02. The Morgan fingerprint density at radius 2 is 2.14 bits per heavy atom. The van der Waals surface area contributed by atoms with Crippen LogP contribution < -0.4 is 15.8 Å². The van der Waals surface area contributed by atoms with Crippen LogP contribution in [0.3, 0.4) is 0 Å². The molecule has 1 aliphatic heterocycles. The molecule has 1 amide bonds. The number of alkyl halides is 2. The van der Waals surface area contributed by atoms with Crippen LogP contribution in [0, 0.1) is 12.7 Å². The van der Waals surface area contributed by atoms with Gasteiger partial charge in [-0.3, -0.25) is 9.79 Å². The smallest absolute Gasteiger partial charge is 0.274 e. The van der Waals surface area contributed by atoms with Crippen LogP contribution in [0.15, 0.2) is 35.5 Å². The molecule has 10 heteroatoms. The van der Waals surface area contributed by atoms with Crippen LogP contribution in [0.2, 0.25) is 0 Å². The number of anilines is 1. The second kappa shape index (κ2) is 8.08. The molecule has 0 saturated carbocycles. The first-order valence-corrected chi connectivity index (χ1v) is 8.59. The number of nitrogens with zero attached hydrogens (tertiary/aromatic N) is 2. The Morgan fingerprint density at radius 1 is 1.38 bits per heavy atom. The van der Waals surface area contributed by atoms with Crippen molar-refractivity contribution < 1.29 is 27.4 Å². The topological polar surface area (TPSA) is 98.8 Å². The highest BCUT2D eigenvalue weighted by atomic mass is 19.3. The zero-order chi connectivity index (χ0) is 21.2. The number of ether oxygens (including phenoxy) is 2. The summed E-state index contributed by atoms with van der Waals surface area (Å²) in [5, 5.41) is 2.54. The SMILES string of the molecule is COc1cnc(C(=O)Nc2ccc(F)c(C3(C(F)F)COCC(N)=N3)c2)c(C)c1. The summed E-state index contributed by atoms with van der Waals surface area (Å²) in [7, 11) is 1.47. The second-order valence-electron chi connectivity index (χ2n) is 6.51. The molecule has 0 spiro atoms. The van der Waals surface area contributed by atoms with E-state index in [1.165, 1.54) is 19.4 Å². The number of amides is 1. The number of rotatable bonds is 5. The van der Waals surface area contributed by atoms with Crippen LogP contribution in [-0.2, 0) is 10.3 Å². The molecule has 1 unspecified atom stereocenters. The van der Waals surface area contributed by atoms with E-state index in [2.05, 4.69) is 15.3 Å². The maximum absolute atomic E-state index is 14.5. The van der Waals surface area contributed by atoms with Gasteiger partial charge in [-0.15, -0.1) is 0 Å². The molecule has 1 aliphatic rings. The number of hydrogen-bond acceptors (Lipinski definition) is 6. The first kappa shape index (κ1) is 20.6. The fourth-order valence-electron chi connectivity index (χ4n) is 3.02. The maximum atomic E-state index is 14.5. The van der Waals surface area contributed by atoms with Crippen LogP contribution in [0.1, 0.15) is 21.6 Å². The zero-order valence-corrected chi connectivity index (χ0v) is 15.7. The van der Waals surface area contributed by atoms with E-state index in [0.717, 1.165) is 12.1 Å². The number of benzene rings is 1. The van der Waals surface area contributed by atoms with Crippen molar-refractivity contribution in [2.24, 2.45) is 10.7 Å². The van der Waals surface area contributed by atoms with Gasteiger partial charge in [0.15, 0.2) is 5.54 Å². The third kappa shape index (κ3) is 4.02. The predicted octanol–water partition coefficient (Wildman–Crippen LogP) is 2.64. The maximum Gasteiger partial charge on any atom is 0.274 e.